The van der Waals surface area contributed by atoms with E-state index in [9.17, 15) is 5.11 Å². The second-order valence-corrected chi connectivity index (χ2v) is 5.27. The molecule has 1 N–H and O–H groups in total. The third kappa shape index (κ3) is 2.51. The molecule has 4 nitrogen and oxygen atoms in total. The van der Waals surface area contributed by atoms with E-state index in [0.29, 0.717) is 11.6 Å². The number of nitrogens with zero attached hydrogens (tertiary/aromatic N) is 3. The third-order valence-electron chi connectivity index (χ3n) is 2.59. The monoisotopic (exact) mass is 271 g/mol. The van der Waals surface area contributed by atoms with Crippen molar-refractivity contribution in [2.45, 2.75) is 26.4 Å². The van der Waals surface area contributed by atoms with Gasteiger partial charge in [-0.2, -0.15) is 5.10 Å². The second kappa shape index (κ2) is 4.76. The van der Waals surface area contributed by atoms with Gasteiger partial charge in [-0.3, -0.25) is 4.68 Å². The minimum Gasteiger partial charge on any atom is -0.386 e. The van der Waals surface area contributed by atoms with Gasteiger partial charge in [-0.25, -0.2) is 4.98 Å². The predicted molar refractivity (Wildman–Crippen MR) is 68.5 cm³/mol. The first-order chi connectivity index (χ1) is 7.99. The van der Waals surface area contributed by atoms with Crippen LogP contribution in [-0.2, 0) is 13.5 Å². The van der Waals surface area contributed by atoms with E-state index in [-0.39, 0.29) is 0 Å². The number of rotatable bonds is 3. The average Bonchev–Trinajstić information content (AvgIpc) is 2.79. The van der Waals surface area contributed by atoms with Crippen molar-refractivity contribution in [2.75, 3.05) is 0 Å². The molecule has 0 aromatic carbocycles. The Morgan fingerprint density at radius 2 is 2.24 bits per heavy atom. The Morgan fingerprint density at radius 3 is 2.71 bits per heavy atom. The van der Waals surface area contributed by atoms with Crippen LogP contribution in [0.2, 0.25) is 5.15 Å². The normalized spacial score (nSPS) is 13.0. The minimum absolute atomic E-state index is 0.450. The molecule has 2 heterocycles. The highest BCUT2D eigenvalue weighted by molar-refractivity contribution is 7.09. The quantitative estimate of drug-likeness (QED) is 0.933. The van der Waals surface area contributed by atoms with Crippen molar-refractivity contribution in [1.82, 2.24) is 14.8 Å². The zero-order valence-electron chi connectivity index (χ0n) is 9.94. The lowest BCUT2D eigenvalue weighted by Gasteiger charge is -2.07. The van der Waals surface area contributed by atoms with Gasteiger partial charge in [0.1, 0.15) is 16.3 Å². The van der Waals surface area contributed by atoms with Crippen LogP contribution >= 0.6 is 22.9 Å². The number of aliphatic hydroxyl groups excluding tert-OH is 1. The molecule has 0 amide bonds. The maximum atomic E-state index is 10.1. The van der Waals surface area contributed by atoms with E-state index in [1.54, 1.807) is 11.7 Å². The Labute approximate surface area is 109 Å². The number of halogens is 1. The van der Waals surface area contributed by atoms with Crippen molar-refractivity contribution < 1.29 is 5.11 Å². The summed E-state index contributed by atoms with van der Waals surface area (Å²) in [4.78, 5) is 4.27. The van der Waals surface area contributed by atoms with Crippen molar-refractivity contribution in [3.63, 3.8) is 0 Å². The van der Waals surface area contributed by atoms with Crippen LogP contribution in [0.15, 0.2) is 5.38 Å². The van der Waals surface area contributed by atoms with Gasteiger partial charge in [-0.05, 0) is 13.8 Å². The molecule has 0 aliphatic heterocycles. The highest BCUT2D eigenvalue weighted by atomic mass is 35.5. The highest BCUT2D eigenvalue weighted by Gasteiger charge is 2.18. The average molecular weight is 272 g/mol. The van der Waals surface area contributed by atoms with E-state index in [1.807, 2.05) is 19.2 Å². The van der Waals surface area contributed by atoms with Crippen LogP contribution in [-0.4, -0.2) is 19.9 Å². The fourth-order valence-electron chi connectivity index (χ4n) is 1.71. The summed E-state index contributed by atoms with van der Waals surface area (Å²) in [6.45, 7) is 3.80. The number of thiazole rings is 1. The van der Waals surface area contributed by atoms with Crippen molar-refractivity contribution in [2.24, 2.45) is 7.05 Å². The van der Waals surface area contributed by atoms with Gasteiger partial charge in [0.05, 0.1) is 5.69 Å². The lowest BCUT2D eigenvalue weighted by molar-refractivity contribution is 0.177. The first-order valence-electron chi connectivity index (χ1n) is 5.27. The summed E-state index contributed by atoms with van der Waals surface area (Å²) >= 11 is 7.59. The van der Waals surface area contributed by atoms with E-state index in [0.717, 1.165) is 22.0 Å². The SMILES string of the molecule is Cc1csc(C(O)Cc2c(C)nn(C)c2Cl)n1. The molecule has 0 aliphatic rings. The molecule has 92 valence electrons. The summed E-state index contributed by atoms with van der Waals surface area (Å²) < 4.78 is 1.62. The fraction of sp³-hybridized carbons (Fsp3) is 0.455. The zero-order valence-corrected chi connectivity index (χ0v) is 11.5. The molecular formula is C11H14ClN3OS. The topological polar surface area (TPSA) is 50.9 Å². The van der Waals surface area contributed by atoms with Crippen molar-refractivity contribution in [3.05, 3.63) is 32.5 Å². The predicted octanol–water partition coefficient (Wildman–Crippen LogP) is 2.42. The molecule has 0 saturated carbocycles. The number of hydrogen-bond acceptors (Lipinski definition) is 4. The van der Waals surface area contributed by atoms with Crippen LogP contribution in [0.25, 0.3) is 0 Å². The fourth-order valence-corrected chi connectivity index (χ4v) is 2.74. The third-order valence-corrected chi connectivity index (χ3v) is 4.13. The summed E-state index contributed by atoms with van der Waals surface area (Å²) in [5, 5.41) is 17.5. The number of aliphatic hydroxyl groups is 1. The van der Waals surface area contributed by atoms with Gasteiger partial charge in [0.25, 0.3) is 0 Å². The van der Waals surface area contributed by atoms with Gasteiger partial charge < -0.3 is 5.11 Å². The van der Waals surface area contributed by atoms with Gasteiger partial charge in [0.2, 0.25) is 0 Å². The standard InChI is InChI=1S/C11H14ClN3OS/c1-6-5-17-11(13-6)9(16)4-8-7(2)14-15(3)10(8)12/h5,9,16H,4H2,1-3H3. The van der Waals surface area contributed by atoms with Crippen LogP contribution in [0.1, 0.15) is 28.1 Å². The van der Waals surface area contributed by atoms with E-state index in [4.69, 9.17) is 11.6 Å². The van der Waals surface area contributed by atoms with Crippen LogP contribution in [0.5, 0.6) is 0 Å². The van der Waals surface area contributed by atoms with E-state index >= 15 is 0 Å². The molecule has 6 heteroatoms. The lowest BCUT2D eigenvalue weighted by Crippen LogP contribution is -2.02. The molecule has 0 spiro atoms. The van der Waals surface area contributed by atoms with Gasteiger partial charge in [0, 0.05) is 30.1 Å². The van der Waals surface area contributed by atoms with E-state index in [1.165, 1.54) is 11.3 Å². The molecule has 1 atom stereocenters. The summed E-state index contributed by atoms with van der Waals surface area (Å²) in [6, 6.07) is 0. The van der Waals surface area contributed by atoms with Crippen LogP contribution < -0.4 is 0 Å². The van der Waals surface area contributed by atoms with E-state index < -0.39 is 6.10 Å². The Morgan fingerprint density at radius 1 is 1.53 bits per heavy atom. The van der Waals surface area contributed by atoms with Crippen molar-refractivity contribution in [1.29, 1.82) is 0 Å². The van der Waals surface area contributed by atoms with Gasteiger partial charge >= 0.3 is 0 Å². The van der Waals surface area contributed by atoms with E-state index in [2.05, 4.69) is 10.1 Å². The molecule has 1 unspecified atom stereocenters. The Kier molecular flexibility index (Phi) is 3.51. The number of hydrogen-bond donors (Lipinski definition) is 1. The smallest absolute Gasteiger partial charge is 0.130 e. The number of aryl methyl sites for hydroxylation is 3. The zero-order chi connectivity index (χ0) is 12.6. The molecule has 0 saturated heterocycles. The number of aromatic nitrogens is 3. The summed E-state index contributed by atoms with van der Waals surface area (Å²) in [5.41, 5.74) is 2.66. The van der Waals surface area contributed by atoms with Gasteiger partial charge in [-0.1, -0.05) is 11.6 Å². The Hall–Kier alpha value is -0.910. The van der Waals surface area contributed by atoms with Gasteiger partial charge in [-0.15, -0.1) is 11.3 Å². The van der Waals surface area contributed by atoms with Crippen LogP contribution in [0.3, 0.4) is 0 Å². The van der Waals surface area contributed by atoms with Crippen LogP contribution in [0, 0.1) is 13.8 Å². The highest BCUT2D eigenvalue weighted by Crippen LogP contribution is 2.27. The maximum Gasteiger partial charge on any atom is 0.130 e. The maximum absolute atomic E-state index is 10.1. The molecule has 2 aromatic heterocycles. The molecule has 17 heavy (non-hydrogen) atoms. The first-order valence-corrected chi connectivity index (χ1v) is 6.53. The largest absolute Gasteiger partial charge is 0.386 e. The lowest BCUT2D eigenvalue weighted by atomic mass is 10.1. The van der Waals surface area contributed by atoms with Gasteiger partial charge in [0.15, 0.2) is 0 Å². The molecular weight excluding hydrogens is 258 g/mol. The second-order valence-electron chi connectivity index (χ2n) is 4.03. The molecule has 0 fully saturated rings. The molecule has 2 rings (SSSR count). The summed E-state index contributed by atoms with van der Waals surface area (Å²) in [6.07, 6.45) is -0.167. The minimum atomic E-state index is -0.617. The summed E-state index contributed by atoms with van der Waals surface area (Å²) in [5.74, 6) is 0. The Bertz CT molecular complexity index is 535. The molecule has 0 bridgehead atoms. The molecule has 0 aliphatic carbocycles. The first kappa shape index (κ1) is 12.5. The molecule has 2 aromatic rings. The van der Waals surface area contributed by atoms with Crippen molar-refractivity contribution >= 4 is 22.9 Å². The van der Waals surface area contributed by atoms with Crippen molar-refractivity contribution in [3.8, 4) is 0 Å². The Balaban J connectivity index is 2.21. The summed E-state index contributed by atoms with van der Waals surface area (Å²) in [7, 11) is 1.79. The van der Waals surface area contributed by atoms with Crippen LogP contribution in [0.4, 0.5) is 0 Å². The molecule has 0 radical (unpaired) electrons.